The topological polar surface area (TPSA) is 44.8 Å². The lowest BCUT2D eigenvalue weighted by molar-refractivity contribution is -0.286. The first kappa shape index (κ1) is 14.1. The number of carbonyl (C=O) groups is 1. The number of hydrogen-bond acceptors (Lipinski definition) is 4. The quantitative estimate of drug-likeness (QED) is 0.784. The Labute approximate surface area is 121 Å². The molecule has 2 unspecified atom stereocenters. The number of esters is 1. The van der Waals surface area contributed by atoms with Crippen molar-refractivity contribution in [2.45, 2.75) is 45.0 Å². The van der Waals surface area contributed by atoms with Gasteiger partial charge >= 0.3 is 12.3 Å². The highest BCUT2D eigenvalue weighted by Crippen LogP contribution is 2.51. The van der Waals surface area contributed by atoms with E-state index in [0.29, 0.717) is 6.42 Å². The molecule has 4 nitrogen and oxygen atoms in total. The molecule has 0 spiro atoms. The van der Waals surface area contributed by atoms with Gasteiger partial charge in [-0.25, -0.2) is 0 Å². The van der Waals surface area contributed by atoms with E-state index >= 15 is 0 Å². The van der Waals surface area contributed by atoms with Crippen LogP contribution in [-0.4, -0.2) is 17.9 Å². The van der Waals surface area contributed by atoms with E-state index in [9.17, 15) is 13.6 Å². The number of carbonyl (C=O) groups excluding carboxylic acids is 1. The second-order valence-electron chi connectivity index (χ2n) is 6.36. The Morgan fingerprint density at radius 1 is 1.29 bits per heavy atom. The van der Waals surface area contributed by atoms with E-state index < -0.39 is 11.9 Å². The lowest BCUT2D eigenvalue weighted by Gasteiger charge is -2.19. The summed E-state index contributed by atoms with van der Waals surface area (Å²) in [7, 11) is 0. The molecule has 114 valence electrons. The van der Waals surface area contributed by atoms with Gasteiger partial charge in [0.15, 0.2) is 11.5 Å². The van der Waals surface area contributed by atoms with Gasteiger partial charge in [-0.3, -0.25) is 4.79 Å². The summed E-state index contributed by atoms with van der Waals surface area (Å²) < 4.78 is 40.0. The molecule has 0 aromatic heterocycles. The second-order valence-corrected chi connectivity index (χ2v) is 6.36. The Balaban J connectivity index is 1.70. The second kappa shape index (κ2) is 4.32. The largest absolute Gasteiger partial charge is 0.586 e. The van der Waals surface area contributed by atoms with Gasteiger partial charge in [0.2, 0.25) is 0 Å². The van der Waals surface area contributed by atoms with Crippen molar-refractivity contribution < 1.29 is 27.8 Å². The van der Waals surface area contributed by atoms with Crippen LogP contribution in [0.2, 0.25) is 0 Å². The fourth-order valence-electron chi connectivity index (χ4n) is 2.40. The zero-order chi connectivity index (χ0) is 15.4. The smallest absolute Gasteiger partial charge is 0.460 e. The van der Waals surface area contributed by atoms with Gasteiger partial charge in [0.05, 0.1) is 5.92 Å². The molecule has 1 aliphatic heterocycles. The number of benzene rings is 1. The van der Waals surface area contributed by atoms with Crippen molar-refractivity contribution in [1.29, 1.82) is 0 Å². The molecule has 21 heavy (non-hydrogen) atoms. The summed E-state index contributed by atoms with van der Waals surface area (Å²) in [6, 6.07) is 4.62. The standard InChI is InChI=1S/C15H16F2O4/c1-14(2,3)21-13(18)10-7-9(10)8-4-5-11-12(6-8)20-15(16,17)19-11/h4-6,9-10H,7H2,1-3H3. The molecular formula is C15H16F2O4. The first-order valence-corrected chi connectivity index (χ1v) is 6.77. The van der Waals surface area contributed by atoms with Crippen molar-refractivity contribution in [3.05, 3.63) is 23.8 Å². The SMILES string of the molecule is CC(C)(C)OC(=O)C1CC1c1ccc2c(c1)OC(F)(F)O2. The van der Waals surface area contributed by atoms with Crippen LogP contribution < -0.4 is 9.47 Å². The minimum Gasteiger partial charge on any atom is -0.460 e. The van der Waals surface area contributed by atoms with Gasteiger partial charge in [0, 0.05) is 0 Å². The zero-order valence-electron chi connectivity index (χ0n) is 12.0. The fraction of sp³-hybridized carbons (Fsp3) is 0.533. The lowest BCUT2D eigenvalue weighted by Crippen LogP contribution is -2.25. The number of ether oxygens (including phenoxy) is 3. The van der Waals surface area contributed by atoms with E-state index in [1.165, 1.54) is 12.1 Å². The summed E-state index contributed by atoms with van der Waals surface area (Å²) in [5.41, 5.74) is 0.257. The van der Waals surface area contributed by atoms with Crippen molar-refractivity contribution in [2.24, 2.45) is 5.92 Å². The van der Waals surface area contributed by atoms with E-state index in [1.54, 1.807) is 6.07 Å². The Morgan fingerprint density at radius 2 is 1.95 bits per heavy atom. The molecule has 0 bridgehead atoms. The van der Waals surface area contributed by atoms with Crippen molar-refractivity contribution in [2.75, 3.05) is 0 Å². The highest BCUT2D eigenvalue weighted by molar-refractivity contribution is 5.78. The summed E-state index contributed by atoms with van der Waals surface area (Å²) >= 11 is 0. The van der Waals surface area contributed by atoms with Gasteiger partial charge in [-0.2, -0.15) is 0 Å². The predicted octanol–water partition coefficient (Wildman–Crippen LogP) is 3.45. The molecule has 3 rings (SSSR count). The Kier molecular flexibility index (Phi) is 2.90. The van der Waals surface area contributed by atoms with Gasteiger partial charge in [-0.1, -0.05) is 6.07 Å². The monoisotopic (exact) mass is 298 g/mol. The molecule has 0 N–H and O–H groups in total. The van der Waals surface area contributed by atoms with Crippen LogP contribution in [0.3, 0.4) is 0 Å². The molecule has 1 aliphatic carbocycles. The maximum atomic E-state index is 13.0. The molecule has 1 aromatic carbocycles. The first-order chi connectivity index (χ1) is 9.65. The molecule has 1 fully saturated rings. The molecule has 6 heteroatoms. The van der Waals surface area contributed by atoms with Crippen molar-refractivity contribution in [3.63, 3.8) is 0 Å². The van der Waals surface area contributed by atoms with Crippen LogP contribution in [0.25, 0.3) is 0 Å². The van der Waals surface area contributed by atoms with E-state index in [1.807, 2.05) is 20.8 Å². The number of rotatable bonds is 2. The van der Waals surface area contributed by atoms with Gasteiger partial charge in [0.25, 0.3) is 0 Å². The third-order valence-electron chi connectivity index (χ3n) is 3.35. The third kappa shape index (κ3) is 2.94. The average molecular weight is 298 g/mol. The Morgan fingerprint density at radius 3 is 2.62 bits per heavy atom. The third-order valence-corrected chi connectivity index (χ3v) is 3.35. The van der Waals surface area contributed by atoms with Crippen LogP contribution in [0.1, 0.15) is 38.7 Å². The number of fused-ring (bicyclic) bond motifs is 1. The first-order valence-electron chi connectivity index (χ1n) is 6.77. The van der Waals surface area contributed by atoms with Crippen LogP contribution in [0.15, 0.2) is 18.2 Å². The minimum atomic E-state index is -3.62. The molecule has 1 heterocycles. The molecule has 0 saturated heterocycles. The van der Waals surface area contributed by atoms with Gasteiger partial charge in [0.1, 0.15) is 5.60 Å². The molecule has 1 aromatic rings. The summed E-state index contributed by atoms with van der Waals surface area (Å²) in [6.45, 7) is 5.43. The maximum Gasteiger partial charge on any atom is 0.586 e. The summed E-state index contributed by atoms with van der Waals surface area (Å²) in [5, 5.41) is 0. The van der Waals surface area contributed by atoms with Crippen LogP contribution in [0.5, 0.6) is 11.5 Å². The molecular weight excluding hydrogens is 282 g/mol. The van der Waals surface area contributed by atoms with Crippen molar-refractivity contribution >= 4 is 5.97 Å². The van der Waals surface area contributed by atoms with Crippen LogP contribution >= 0.6 is 0 Å². The van der Waals surface area contributed by atoms with Crippen LogP contribution in [0, 0.1) is 5.92 Å². The molecule has 2 aliphatic rings. The number of halogens is 2. The molecule has 2 atom stereocenters. The maximum absolute atomic E-state index is 13.0. The van der Waals surface area contributed by atoms with Gasteiger partial charge in [-0.15, -0.1) is 8.78 Å². The van der Waals surface area contributed by atoms with Gasteiger partial charge in [-0.05, 0) is 50.8 Å². The average Bonchev–Trinajstić information content (AvgIpc) is 3.03. The van der Waals surface area contributed by atoms with E-state index in [4.69, 9.17) is 4.74 Å². The zero-order valence-corrected chi connectivity index (χ0v) is 12.0. The normalized spacial score (nSPS) is 25.6. The number of hydrogen-bond donors (Lipinski definition) is 0. The molecule has 0 radical (unpaired) electrons. The number of alkyl halides is 2. The summed E-state index contributed by atoms with van der Waals surface area (Å²) in [5.74, 6) is -0.464. The minimum absolute atomic E-state index is 0.00680. The summed E-state index contributed by atoms with van der Waals surface area (Å²) in [4.78, 5) is 11.9. The van der Waals surface area contributed by atoms with Gasteiger partial charge < -0.3 is 14.2 Å². The van der Waals surface area contributed by atoms with E-state index in [-0.39, 0.29) is 29.3 Å². The lowest BCUT2D eigenvalue weighted by atomic mass is 10.1. The fourth-order valence-corrected chi connectivity index (χ4v) is 2.40. The predicted molar refractivity (Wildman–Crippen MR) is 69.3 cm³/mol. The Bertz CT molecular complexity index is 592. The summed E-state index contributed by atoms with van der Waals surface area (Å²) in [6.07, 6.45) is -2.96. The van der Waals surface area contributed by atoms with E-state index in [2.05, 4.69) is 9.47 Å². The van der Waals surface area contributed by atoms with Crippen molar-refractivity contribution in [1.82, 2.24) is 0 Å². The highest BCUT2D eigenvalue weighted by Gasteiger charge is 2.48. The molecule has 0 amide bonds. The van der Waals surface area contributed by atoms with Crippen molar-refractivity contribution in [3.8, 4) is 11.5 Å². The van der Waals surface area contributed by atoms with Crippen LogP contribution in [0.4, 0.5) is 8.78 Å². The molecule has 1 saturated carbocycles. The Hall–Kier alpha value is -1.85. The van der Waals surface area contributed by atoms with E-state index in [0.717, 1.165) is 5.56 Å². The highest BCUT2D eigenvalue weighted by atomic mass is 19.3. The van der Waals surface area contributed by atoms with Crippen LogP contribution in [-0.2, 0) is 9.53 Å².